The third kappa shape index (κ3) is 3.30. The second-order valence-corrected chi connectivity index (χ2v) is 6.05. The first kappa shape index (κ1) is 15.8. The van der Waals surface area contributed by atoms with Crippen molar-refractivity contribution in [1.82, 2.24) is 15.5 Å². The van der Waals surface area contributed by atoms with E-state index < -0.39 is 0 Å². The predicted molar refractivity (Wildman–Crippen MR) is 100 cm³/mol. The maximum absolute atomic E-state index is 5.25. The summed E-state index contributed by atoms with van der Waals surface area (Å²) in [6.07, 6.45) is 0. The van der Waals surface area contributed by atoms with E-state index in [0.717, 1.165) is 18.2 Å². The molecule has 1 aliphatic rings. The molecule has 0 unspecified atom stereocenters. The number of para-hydroxylation sites is 2. The summed E-state index contributed by atoms with van der Waals surface area (Å²) in [5.41, 5.74) is 4.90. The van der Waals surface area contributed by atoms with Gasteiger partial charge in [0.05, 0.1) is 6.04 Å². The van der Waals surface area contributed by atoms with Gasteiger partial charge in [0.1, 0.15) is 0 Å². The van der Waals surface area contributed by atoms with Crippen LogP contribution in [0.2, 0.25) is 0 Å². The average Bonchev–Trinajstić information content (AvgIpc) is 2.60. The number of hydrogen-bond donors (Lipinski definition) is 3. The summed E-state index contributed by atoms with van der Waals surface area (Å²) in [6, 6.07) is 17.1. The second-order valence-electron chi connectivity index (χ2n) is 5.66. The fraction of sp³-hybridized carbons (Fsp3) is 0.278. The molecule has 0 amide bonds. The van der Waals surface area contributed by atoms with Crippen LogP contribution in [-0.4, -0.2) is 37.2 Å². The Kier molecular flexibility index (Phi) is 4.79. The van der Waals surface area contributed by atoms with Gasteiger partial charge >= 0.3 is 0 Å². The van der Waals surface area contributed by atoms with Gasteiger partial charge < -0.3 is 20.9 Å². The molecular formula is C18H22N4S. The molecule has 120 valence electrons. The molecule has 0 saturated heterocycles. The number of likely N-dealkylation sites (N-methyl/N-ethyl adjacent to an activating group) is 1. The monoisotopic (exact) mass is 326 g/mol. The van der Waals surface area contributed by atoms with Gasteiger partial charge in [0, 0.05) is 38.6 Å². The Labute approximate surface area is 142 Å². The van der Waals surface area contributed by atoms with Gasteiger partial charge in [-0.3, -0.25) is 0 Å². The fourth-order valence-electron chi connectivity index (χ4n) is 2.93. The largest absolute Gasteiger partial charge is 0.366 e. The van der Waals surface area contributed by atoms with E-state index in [-0.39, 0.29) is 6.04 Å². The van der Waals surface area contributed by atoms with Crippen molar-refractivity contribution in [3.63, 3.8) is 0 Å². The van der Waals surface area contributed by atoms with Crippen LogP contribution in [0.5, 0.6) is 0 Å². The van der Waals surface area contributed by atoms with Gasteiger partial charge in [-0.15, -0.1) is 0 Å². The lowest BCUT2D eigenvalue weighted by molar-refractivity contribution is 0.462. The number of benzene rings is 2. The van der Waals surface area contributed by atoms with Crippen molar-refractivity contribution < 1.29 is 0 Å². The standard InChI is InChI=1S/C18H22N4S/c1-19-18(23)22(2)12-11-20-17-13-7-3-5-9-15(13)21-16-10-6-4-8-14(16)17/h3-10,17,20-21H,11-12H2,1-2H3,(H,19,23). The molecule has 0 saturated carbocycles. The summed E-state index contributed by atoms with van der Waals surface area (Å²) in [4.78, 5) is 2.04. The molecule has 4 nitrogen and oxygen atoms in total. The van der Waals surface area contributed by atoms with E-state index in [2.05, 4.69) is 64.5 Å². The van der Waals surface area contributed by atoms with Crippen LogP contribution < -0.4 is 16.0 Å². The van der Waals surface area contributed by atoms with Crippen LogP contribution >= 0.6 is 12.2 Å². The second kappa shape index (κ2) is 6.98. The molecule has 2 aromatic carbocycles. The predicted octanol–water partition coefficient (Wildman–Crippen LogP) is 2.86. The van der Waals surface area contributed by atoms with Gasteiger partial charge in [-0.25, -0.2) is 0 Å². The zero-order valence-electron chi connectivity index (χ0n) is 13.5. The van der Waals surface area contributed by atoms with Gasteiger partial charge in [-0.2, -0.15) is 0 Å². The van der Waals surface area contributed by atoms with Gasteiger partial charge in [-0.1, -0.05) is 36.4 Å². The van der Waals surface area contributed by atoms with Crippen LogP contribution in [-0.2, 0) is 0 Å². The van der Waals surface area contributed by atoms with Crippen molar-refractivity contribution in [3.05, 3.63) is 59.7 Å². The number of hydrogen-bond acceptors (Lipinski definition) is 3. The number of rotatable bonds is 4. The molecule has 3 N–H and O–H groups in total. The molecule has 0 bridgehead atoms. The van der Waals surface area contributed by atoms with Crippen molar-refractivity contribution in [2.24, 2.45) is 0 Å². The summed E-state index contributed by atoms with van der Waals surface area (Å²) in [5.74, 6) is 0. The summed E-state index contributed by atoms with van der Waals surface area (Å²) < 4.78 is 0. The van der Waals surface area contributed by atoms with Crippen LogP contribution in [0.15, 0.2) is 48.5 Å². The Balaban J connectivity index is 1.77. The molecule has 0 fully saturated rings. The zero-order chi connectivity index (χ0) is 16.2. The highest BCUT2D eigenvalue weighted by Crippen LogP contribution is 2.39. The van der Waals surface area contributed by atoms with E-state index in [1.54, 1.807) is 0 Å². The third-order valence-electron chi connectivity index (χ3n) is 4.17. The molecular weight excluding hydrogens is 304 g/mol. The van der Waals surface area contributed by atoms with Gasteiger partial charge in [0.15, 0.2) is 5.11 Å². The van der Waals surface area contributed by atoms with Crippen LogP contribution in [0.1, 0.15) is 17.2 Å². The first-order valence-corrected chi connectivity index (χ1v) is 8.22. The lowest BCUT2D eigenvalue weighted by Gasteiger charge is -2.31. The zero-order valence-corrected chi connectivity index (χ0v) is 14.3. The smallest absolute Gasteiger partial charge is 0.168 e. The fourth-order valence-corrected chi connectivity index (χ4v) is 3.02. The first-order chi connectivity index (χ1) is 11.2. The summed E-state index contributed by atoms with van der Waals surface area (Å²) in [5, 5.41) is 11.0. The topological polar surface area (TPSA) is 39.3 Å². The lowest BCUT2D eigenvalue weighted by atomic mass is 9.92. The summed E-state index contributed by atoms with van der Waals surface area (Å²) >= 11 is 5.25. The number of fused-ring (bicyclic) bond motifs is 2. The minimum atomic E-state index is 0.195. The van der Waals surface area contributed by atoms with E-state index in [1.807, 2.05) is 19.0 Å². The maximum atomic E-state index is 5.25. The van der Waals surface area contributed by atoms with Crippen molar-refractivity contribution in [1.29, 1.82) is 0 Å². The SMILES string of the molecule is CNC(=S)N(C)CCNC1c2ccccc2Nc2ccccc21. The number of thiocarbonyl (C=S) groups is 1. The highest BCUT2D eigenvalue weighted by Gasteiger charge is 2.24. The molecule has 23 heavy (non-hydrogen) atoms. The van der Waals surface area contributed by atoms with E-state index in [0.29, 0.717) is 0 Å². The first-order valence-electron chi connectivity index (χ1n) is 7.82. The number of anilines is 2. The summed E-state index contributed by atoms with van der Waals surface area (Å²) in [6.45, 7) is 1.71. The maximum Gasteiger partial charge on any atom is 0.168 e. The van der Waals surface area contributed by atoms with Gasteiger partial charge in [0.25, 0.3) is 0 Å². The molecule has 3 rings (SSSR count). The molecule has 1 aliphatic heterocycles. The molecule has 0 aromatic heterocycles. The normalized spacial score (nSPS) is 12.8. The molecule has 0 atom stereocenters. The number of nitrogens with zero attached hydrogens (tertiary/aromatic N) is 1. The molecule has 0 aliphatic carbocycles. The Morgan fingerprint density at radius 3 is 2.22 bits per heavy atom. The Morgan fingerprint density at radius 2 is 1.65 bits per heavy atom. The van der Waals surface area contributed by atoms with E-state index >= 15 is 0 Å². The van der Waals surface area contributed by atoms with Gasteiger partial charge in [0.2, 0.25) is 0 Å². The highest BCUT2D eigenvalue weighted by atomic mass is 32.1. The van der Waals surface area contributed by atoms with Crippen molar-refractivity contribution in [2.45, 2.75) is 6.04 Å². The molecule has 2 aromatic rings. The van der Waals surface area contributed by atoms with E-state index in [1.165, 1.54) is 22.5 Å². The van der Waals surface area contributed by atoms with Crippen LogP contribution in [0.4, 0.5) is 11.4 Å². The average molecular weight is 326 g/mol. The Morgan fingerprint density at radius 1 is 1.09 bits per heavy atom. The van der Waals surface area contributed by atoms with Crippen molar-refractivity contribution in [3.8, 4) is 0 Å². The molecule has 5 heteroatoms. The highest BCUT2D eigenvalue weighted by molar-refractivity contribution is 7.80. The molecule has 1 heterocycles. The number of nitrogens with one attached hydrogen (secondary N) is 3. The molecule has 0 spiro atoms. The van der Waals surface area contributed by atoms with Crippen LogP contribution in [0.3, 0.4) is 0 Å². The van der Waals surface area contributed by atoms with Crippen LogP contribution in [0, 0.1) is 0 Å². The quantitative estimate of drug-likeness (QED) is 0.754. The Bertz CT molecular complexity index is 655. The van der Waals surface area contributed by atoms with Crippen molar-refractivity contribution >= 4 is 28.7 Å². The van der Waals surface area contributed by atoms with E-state index in [9.17, 15) is 0 Å². The van der Waals surface area contributed by atoms with Crippen LogP contribution in [0.25, 0.3) is 0 Å². The minimum Gasteiger partial charge on any atom is -0.366 e. The minimum absolute atomic E-state index is 0.195. The van der Waals surface area contributed by atoms with E-state index in [4.69, 9.17) is 12.2 Å². The molecule has 0 radical (unpaired) electrons. The Hall–Kier alpha value is -2.11. The summed E-state index contributed by atoms with van der Waals surface area (Å²) in [7, 11) is 3.86. The lowest BCUT2D eigenvalue weighted by Crippen LogP contribution is -2.40. The third-order valence-corrected chi connectivity index (χ3v) is 4.68. The van der Waals surface area contributed by atoms with Crippen molar-refractivity contribution in [2.75, 3.05) is 32.5 Å². The van der Waals surface area contributed by atoms with Gasteiger partial charge in [-0.05, 0) is 35.5 Å².